The Morgan fingerprint density at radius 1 is 1.08 bits per heavy atom. The number of nitrogens with one attached hydrogen (secondary N) is 1. The third-order valence-corrected chi connectivity index (χ3v) is 5.28. The van der Waals surface area contributed by atoms with Gasteiger partial charge in [0.05, 0.1) is 26.2 Å². The number of carboxylic acid groups (broad SMARTS) is 1. The van der Waals surface area contributed by atoms with Gasteiger partial charge in [0.1, 0.15) is 0 Å². The van der Waals surface area contributed by atoms with Gasteiger partial charge in [-0.3, -0.25) is 4.72 Å². The van der Waals surface area contributed by atoms with Crippen LogP contribution in [0.4, 0.5) is 11.4 Å². The first kappa shape index (κ1) is 18.4. The molecule has 0 aromatic heterocycles. The molecular formula is C15H14Cl2N2O4S. The first-order valence-electron chi connectivity index (χ1n) is 6.64. The second-order valence-corrected chi connectivity index (χ2v) is 7.61. The van der Waals surface area contributed by atoms with Crippen molar-refractivity contribution in [3.63, 3.8) is 0 Å². The van der Waals surface area contributed by atoms with E-state index >= 15 is 0 Å². The molecule has 0 atom stereocenters. The SMILES string of the molecule is CN(C)c1ccc(NS(=O)(=O)c2ccc(Cl)c(Cl)c2)cc1C(=O)O. The largest absolute Gasteiger partial charge is 0.478 e. The zero-order valence-electron chi connectivity index (χ0n) is 12.7. The van der Waals surface area contributed by atoms with E-state index in [1.54, 1.807) is 19.0 Å². The number of hydrogen-bond donors (Lipinski definition) is 2. The Morgan fingerprint density at radius 3 is 2.29 bits per heavy atom. The molecule has 9 heteroatoms. The number of sulfonamides is 1. The molecule has 0 heterocycles. The van der Waals surface area contributed by atoms with E-state index in [1.807, 2.05) is 0 Å². The molecule has 2 rings (SSSR count). The average Bonchev–Trinajstić information content (AvgIpc) is 2.49. The smallest absolute Gasteiger partial charge is 0.337 e. The third kappa shape index (κ3) is 3.92. The van der Waals surface area contributed by atoms with Crippen molar-refractivity contribution in [3.8, 4) is 0 Å². The van der Waals surface area contributed by atoms with Crippen molar-refractivity contribution in [3.05, 3.63) is 52.0 Å². The molecule has 0 radical (unpaired) electrons. The van der Waals surface area contributed by atoms with Gasteiger partial charge in [0.25, 0.3) is 10.0 Å². The molecule has 2 aromatic rings. The fraction of sp³-hybridized carbons (Fsp3) is 0.133. The van der Waals surface area contributed by atoms with Gasteiger partial charge in [0.2, 0.25) is 0 Å². The zero-order valence-corrected chi connectivity index (χ0v) is 15.1. The second kappa shape index (κ2) is 6.88. The van der Waals surface area contributed by atoms with Crippen LogP contribution in [0.3, 0.4) is 0 Å². The van der Waals surface area contributed by atoms with E-state index in [9.17, 15) is 18.3 Å². The molecule has 24 heavy (non-hydrogen) atoms. The Kier molecular flexibility index (Phi) is 5.27. The number of halogens is 2. The molecule has 0 bridgehead atoms. The van der Waals surface area contributed by atoms with Crippen LogP contribution in [0.5, 0.6) is 0 Å². The molecule has 0 saturated heterocycles. The predicted octanol–water partition coefficient (Wildman–Crippen LogP) is 3.56. The van der Waals surface area contributed by atoms with E-state index in [1.165, 1.54) is 36.4 Å². The highest BCUT2D eigenvalue weighted by molar-refractivity contribution is 7.92. The Labute approximate surface area is 149 Å². The highest BCUT2D eigenvalue weighted by atomic mass is 35.5. The Morgan fingerprint density at radius 2 is 1.75 bits per heavy atom. The fourth-order valence-corrected chi connectivity index (χ4v) is 3.46. The maximum absolute atomic E-state index is 12.4. The number of nitrogens with zero attached hydrogens (tertiary/aromatic N) is 1. The zero-order chi connectivity index (χ0) is 18.1. The van der Waals surface area contributed by atoms with Gasteiger partial charge in [0, 0.05) is 19.8 Å². The second-order valence-electron chi connectivity index (χ2n) is 5.11. The van der Waals surface area contributed by atoms with Crippen LogP contribution in [0, 0.1) is 0 Å². The lowest BCUT2D eigenvalue weighted by Gasteiger charge is -2.17. The molecule has 2 aromatic carbocycles. The minimum Gasteiger partial charge on any atom is -0.478 e. The molecule has 0 aliphatic heterocycles. The maximum atomic E-state index is 12.4. The van der Waals surface area contributed by atoms with Crippen LogP contribution in [0.2, 0.25) is 10.0 Å². The highest BCUT2D eigenvalue weighted by Gasteiger charge is 2.18. The third-order valence-electron chi connectivity index (χ3n) is 3.16. The number of carbonyl (C=O) groups is 1. The first-order chi connectivity index (χ1) is 11.1. The average molecular weight is 389 g/mol. The summed E-state index contributed by atoms with van der Waals surface area (Å²) in [5.41, 5.74) is 0.568. The van der Waals surface area contributed by atoms with Crippen molar-refractivity contribution >= 4 is 50.6 Å². The van der Waals surface area contributed by atoms with E-state index in [2.05, 4.69) is 4.72 Å². The van der Waals surface area contributed by atoms with Crippen molar-refractivity contribution in [2.45, 2.75) is 4.90 Å². The van der Waals surface area contributed by atoms with E-state index in [0.717, 1.165) is 0 Å². The lowest BCUT2D eigenvalue weighted by atomic mass is 10.1. The monoisotopic (exact) mass is 388 g/mol. The summed E-state index contributed by atoms with van der Waals surface area (Å²) < 4.78 is 27.1. The van der Waals surface area contributed by atoms with Crippen molar-refractivity contribution in [2.75, 3.05) is 23.7 Å². The van der Waals surface area contributed by atoms with E-state index in [0.29, 0.717) is 5.69 Å². The Bertz CT molecular complexity index is 898. The van der Waals surface area contributed by atoms with E-state index in [-0.39, 0.29) is 26.2 Å². The summed E-state index contributed by atoms with van der Waals surface area (Å²) in [6.07, 6.45) is 0. The lowest BCUT2D eigenvalue weighted by molar-refractivity contribution is 0.0697. The van der Waals surface area contributed by atoms with Crippen molar-refractivity contribution in [1.82, 2.24) is 0 Å². The Hall–Kier alpha value is -1.96. The summed E-state index contributed by atoms with van der Waals surface area (Å²) in [5, 5.41) is 9.63. The number of hydrogen-bond acceptors (Lipinski definition) is 4. The summed E-state index contributed by atoms with van der Waals surface area (Å²) in [4.78, 5) is 12.9. The molecule has 128 valence electrons. The molecule has 0 amide bonds. The van der Waals surface area contributed by atoms with Crippen molar-refractivity contribution < 1.29 is 18.3 Å². The summed E-state index contributed by atoms with van der Waals surface area (Å²) in [7, 11) is -0.536. The quantitative estimate of drug-likeness (QED) is 0.817. The van der Waals surface area contributed by atoms with Gasteiger partial charge in [-0.15, -0.1) is 0 Å². The summed E-state index contributed by atoms with van der Waals surface area (Å²) in [6.45, 7) is 0. The number of rotatable bonds is 5. The van der Waals surface area contributed by atoms with Crippen LogP contribution >= 0.6 is 23.2 Å². The number of benzene rings is 2. The minimum absolute atomic E-state index is 0.0191. The summed E-state index contributed by atoms with van der Waals surface area (Å²) >= 11 is 11.6. The molecule has 0 saturated carbocycles. The van der Waals surface area contributed by atoms with Gasteiger partial charge in [-0.05, 0) is 36.4 Å². The van der Waals surface area contributed by atoms with Gasteiger partial charge < -0.3 is 10.0 Å². The fourth-order valence-electron chi connectivity index (χ4n) is 2.02. The lowest BCUT2D eigenvalue weighted by Crippen LogP contribution is -2.16. The standard InChI is InChI=1S/C15H14Cl2N2O4S/c1-19(2)14-6-3-9(7-11(14)15(20)21)18-24(22,23)10-4-5-12(16)13(17)8-10/h3-8,18H,1-2H3,(H,20,21). The van der Waals surface area contributed by atoms with E-state index < -0.39 is 16.0 Å². The van der Waals surface area contributed by atoms with Gasteiger partial charge in [-0.1, -0.05) is 23.2 Å². The minimum atomic E-state index is -3.93. The maximum Gasteiger partial charge on any atom is 0.337 e. The molecule has 6 nitrogen and oxygen atoms in total. The molecule has 0 aliphatic rings. The van der Waals surface area contributed by atoms with Crippen LogP contribution in [0.15, 0.2) is 41.3 Å². The van der Waals surface area contributed by atoms with Crippen molar-refractivity contribution in [1.29, 1.82) is 0 Å². The molecular weight excluding hydrogens is 375 g/mol. The predicted molar refractivity (Wildman–Crippen MR) is 95.0 cm³/mol. The molecule has 0 unspecified atom stereocenters. The normalized spacial score (nSPS) is 11.2. The Balaban J connectivity index is 2.41. The van der Waals surface area contributed by atoms with Gasteiger partial charge in [0.15, 0.2) is 0 Å². The van der Waals surface area contributed by atoms with Gasteiger partial charge in [-0.2, -0.15) is 0 Å². The van der Waals surface area contributed by atoms with E-state index in [4.69, 9.17) is 23.2 Å². The van der Waals surface area contributed by atoms with Crippen LogP contribution < -0.4 is 9.62 Å². The van der Waals surface area contributed by atoms with Gasteiger partial charge >= 0.3 is 5.97 Å². The van der Waals surface area contributed by atoms with Crippen LogP contribution in [-0.4, -0.2) is 33.6 Å². The molecule has 0 spiro atoms. The number of anilines is 2. The molecule has 2 N–H and O–H groups in total. The van der Waals surface area contributed by atoms with Gasteiger partial charge in [-0.25, -0.2) is 13.2 Å². The summed E-state index contributed by atoms with van der Waals surface area (Å²) in [6, 6.07) is 8.16. The first-order valence-corrected chi connectivity index (χ1v) is 8.88. The van der Waals surface area contributed by atoms with Crippen LogP contribution in [0.1, 0.15) is 10.4 Å². The number of aromatic carboxylic acids is 1. The topological polar surface area (TPSA) is 86.7 Å². The highest BCUT2D eigenvalue weighted by Crippen LogP contribution is 2.28. The van der Waals surface area contributed by atoms with Crippen LogP contribution in [-0.2, 0) is 10.0 Å². The van der Waals surface area contributed by atoms with Crippen molar-refractivity contribution in [2.24, 2.45) is 0 Å². The molecule has 0 aliphatic carbocycles. The van der Waals surface area contributed by atoms with Crippen LogP contribution in [0.25, 0.3) is 0 Å². The number of carboxylic acids is 1. The molecule has 0 fully saturated rings. The summed E-state index contributed by atoms with van der Waals surface area (Å²) in [5.74, 6) is -1.16.